The molecule has 0 spiro atoms. The molecule has 1 aromatic heterocycles. The fourth-order valence-corrected chi connectivity index (χ4v) is 4.56. The SMILES string of the molecule is Cc1cc(Nc2nccc(C)n2)cc(-c2ccc(C(C)(O)C3CCCCC3)cc2)c1. The molecule has 1 atom stereocenters. The van der Waals surface area contributed by atoms with E-state index < -0.39 is 5.60 Å². The number of rotatable bonds is 5. The number of hydrogen-bond acceptors (Lipinski definition) is 4. The maximum Gasteiger partial charge on any atom is 0.227 e. The molecule has 4 heteroatoms. The van der Waals surface area contributed by atoms with E-state index in [2.05, 4.69) is 64.7 Å². The van der Waals surface area contributed by atoms with E-state index in [0.29, 0.717) is 11.9 Å². The van der Waals surface area contributed by atoms with Crippen molar-refractivity contribution in [3.8, 4) is 11.1 Å². The van der Waals surface area contributed by atoms with Gasteiger partial charge in [0, 0.05) is 17.6 Å². The highest BCUT2D eigenvalue weighted by Gasteiger charge is 2.34. The van der Waals surface area contributed by atoms with Gasteiger partial charge in [-0.2, -0.15) is 0 Å². The van der Waals surface area contributed by atoms with Crippen molar-refractivity contribution in [1.29, 1.82) is 0 Å². The Bertz CT molecular complexity index is 1010. The van der Waals surface area contributed by atoms with E-state index in [9.17, 15) is 5.11 Å². The van der Waals surface area contributed by atoms with Crippen LogP contribution in [0.1, 0.15) is 55.8 Å². The molecule has 0 aliphatic heterocycles. The Morgan fingerprint density at radius 3 is 2.37 bits per heavy atom. The fourth-order valence-electron chi connectivity index (χ4n) is 4.56. The summed E-state index contributed by atoms with van der Waals surface area (Å²) in [7, 11) is 0. The van der Waals surface area contributed by atoms with Gasteiger partial charge in [0.05, 0.1) is 5.60 Å². The van der Waals surface area contributed by atoms with Crippen LogP contribution in [0.5, 0.6) is 0 Å². The standard InChI is InChI=1S/C26H31N3O/c1-18-15-21(17-24(16-18)29-25-27-14-13-19(2)28-25)20-9-11-23(12-10-20)26(3,30)22-7-5-4-6-8-22/h9-17,22,30H,4-8H2,1-3H3,(H,27,28,29). The first-order valence-electron chi connectivity index (χ1n) is 10.9. The van der Waals surface area contributed by atoms with Crippen LogP contribution in [-0.4, -0.2) is 15.1 Å². The first-order valence-corrected chi connectivity index (χ1v) is 10.9. The molecule has 4 rings (SSSR count). The normalized spacial score (nSPS) is 16.8. The largest absolute Gasteiger partial charge is 0.385 e. The Morgan fingerprint density at radius 2 is 1.67 bits per heavy atom. The lowest BCUT2D eigenvalue weighted by Gasteiger charge is -2.36. The number of hydrogen-bond donors (Lipinski definition) is 2. The summed E-state index contributed by atoms with van der Waals surface area (Å²) >= 11 is 0. The van der Waals surface area contributed by atoms with Gasteiger partial charge in [0.15, 0.2) is 0 Å². The smallest absolute Gasteiger partial charge is 0.227 e. The van der Waals surface area contributed by atoms with Crippen LogP contribution in [0.15, 0.2) is 54.7 Å². The lowest BCUT2D eigenvalue weighted by Crippen LogP contribution is -2.33. The van der Waals surface area contributed by atoms with Crippen LogP contribution in [0.25, 0.3) is 11.1 Å². The van der Waals surface area contributed by atoms with Crippen LogP contribution in [0.2, 0.25) is 0 Å². The summed E-state index contributed by atoms with van der Waals surface area (Å²) in [6, 6.07) is 16.7. The molecule has 2 N–H and O–H groups in total. The summed E-state index contributed by atoms with van der Waals surface area (Å²) in [4.78, 5) is 8.73. The molecular weight excluding hydrogens is 370 g/mol. The van der Waals surface area contributed by atoms with Crippen molar-refractivity contribution in [2.75, 3.05) is 5.32 Å². The summed E-state index contributed by atoms with van der Waals surface area (Å²) < 4.78 is 0. The summed E-state index contributed by atoms with van der Waals surface area (Å²) in [6.45, 7) is 6.03. The molecule has 1 unspecified atom stereocenters. The number of nitrogens with zero attached hydrogens (tertiary/aromatic N) is 2. The highest BCUT2D eigenvalue weighted by molar-refractivity contribution is 5.71. The molecule has 1 heterocycles. The molecule has 30 heavy (non-hydrogen) atoms. The average molecular weight is 402 g/mol. The van der Waals surface area contributed by atoms with Crippen LogP contribution >= 0.6 is 0 Å². The van der Waals surface area contributed by atoms with Crippen molar-refractivity contribution in [3.05, 3.63) is 71.5 Å². The lowest BCUT2D eigenvalue weighted by molar-refractivity contribution is -0.0215. The zero-order valence-corrected chi connectivity index (χ0v) is 18.2. The third kappa shape index (κ3) is 4.54. The Labute approximate surface area is 179 Å². The lowest BCUT2D eigenvalue weighted by atomic mass is 9.74. The molecule has 0 bridgehead atoms. The van der Waals surface area contributed by atoms with Crippen molar-refractivity contribution >= 4 is 11.6 Å². The van der Waals surface area contributed by atoms with Gasteiger partial charge >= 0.3 is 0 Å². The number of anilines is 2. The van der Waals surface area contributed by atoms with E-state index in [0.717, 1.165) is 40.9 Å². The summed E-state index contributed by atoms with van der Waals surface area (Å²) in [5.74, 6) is 0.951. The van der Waals surface area contributed by atoms with E-state index in [-0.39, 0.29) is 0 Å². The van der Waals surface area contributed by atoms with Crippen LogP contribution in [0.3, 0.4) is 0 Å². The van der Waals surface area contributed by atoms with Gasteiger partial charge in [-0.05, 0) is 80.0 Å². The third-order valence-electron chi connectivity index (χ3n) is 6.33. The molecular formula is C26H31N3O. The van der Waals surface area contributed by atoms with E-state index in [1.54, 1.807) is 6.20 Å². The number of nitrogens with one attached hydrogen (secondary N) is 1. The molecule has 1 fully saturated rings. The second-order valence-electron chi connectivity index (χ2n) is 8.79. The maximum atomic E-state index is 11.2. The topological polar surface area (TPSA) is 58.0 Å². The van der Waals surface area contributed by atoms with Gasteiger partial charge < -0.3 is 10.4 Å². The van der Waals surface area contributed by atoms with E-state index in [1.165, 1.54) is 24.8 Å². The first-order chi connectivity index (χ1) is 14.4. The van der Waals surface area contributed by atoms with E-state index in [4.69, 9.17) is 0 Å². The van der Waals surface area contributed by atoms with Crippen molar-refractivity contribution < 1.29 is 5.11 Å². The van der Waals surface area contributed by atoms with E-state index in [1.807, 2.05) is 19.9 Å². The zero-order valence-electron chi connectivity index (χ0n) is 18.2. The quantitative estimate of drug-likeness (QED) is 0.527. The minimum Gasteiger partial charge on any atom is -0.385 e. The Hall–Kier alpha value is -2.72. The number of benzene rings is 2. The monoisotopic (exact) mass is 401 g/mol. The first kappa shape index (κ1) is 20.5. The molecule has 2 aromatic carbocycles. The van der Waals surface area contributed by atoms with Gasteiger partial charge in [0.25, 0.3) is 0 Å². The number of aryl methyl sites for hydroxylation is 2. The Morgan fingerprint density at radius 1 is 0.933 bits per heavy atom. The molecule has 0 radical (unpaired) electrons. The summed E-state index contributed by atoms with van der Waals surface area (Å²) in [6.07, 6.45) is 7.73. The maximum absolute atomic E-state index is 11.2. The van der Waals surface area contributed by atoms with E-state index >= 15 is 0 Å². The summed E-state index contributed by atoms with van der Waals surface area (Å²) in [5.41, 5.74) is 5.58. The van der Waals surface area contributed by atoms with Crippen LogP contribution in [0, 0.1) is 19.8 Å². The van der Waals surface area contributed by atoms with Crippen molar-refractivity contribution in [3.63, 3.8) is 0 Å². The molecule has 1 aliphatic carbocycles. The number of aliphatic hydroxyl groups is 1. The molecule has 1 aliphatic rings. The third-order valence-corrected chi connectivity index (χ3v) is 6.33. The molecule has 3 aromatic rings. The molecule has 0 saturated heterocycles. The molecule has 1 saturated carbocycles. The van der Waals surface area contributed by atoms with Gasteiger partial charge in [-0.25, -0.2) is 9.97 Å². The van der Waals surface area contributed by atoms with Gasteiger partial charge in [0.2, 0.25) is 5.95 Å². The number of aromatic nitrogens is 2. The average Bonchev–Trinajstić information content (AvgIpc) is 2.74. The van der Waals surface area contributed by atoms with Crippen LogP contribution < -0.4 is 5.32 Å². The molecule has 4 nitrogen and oxygen atoms in total. The van der Waals surface area contributed by atoms with Gasteiger partial charge in [-0.1, -0.05) is 49.6 Å². The zero-order chi connectivity index (χ0) is 21.1. The minimum absolute atomic E-state index is 0.348. The highest BCUT2D eigenvalue weighted by Crippen LogP contribution is 2.39. The highest BCUT2D eigenvalue weighted by atomic mass is 16.3. The Kier molecular flexibility index (Phi) is 5.87. The van der Waals surface area contributed by atoms with Gasteiger partial charge in [-0.3, -0.25) is 0 Å². The Balaban J connectivity index is 1.57. The predicted octanol–water partition coefficient (Wildman–Crippen LogP) is 6.29. The fraction of sp³-hybridized carbons (Fsp3) is 0.385. The summed E-state index contributed by atoms with van der Waals surface area (Å²) in [5, 5.41) is 14.5. The second kappa shape index (κ2) is 8.57. The molecule has 0 amide bonds. The van der Waals surface area contributed by atoms with Crippen LogP contribution in [-0.2, 0) is 5.60 Å². The minimum atomic E-state index is -0.763. The van der Waals surface area contributed by atoms with Crippen molar-refractivity contribution in [2.24, 2.45) is 5.92 Å². The van der Waals surface area contributed by atoms with Gasteiger partial charge in [-0.15, -0.1) is 0 Å². The second-order valence-corrected chi connectivity index (χ2v) is 8.79. The van der Waals surface area contributed by atoms with Crippen molar-refractivity contribution in [2.45, 2.75) is 58.5 Å². The van der Waals surface area contributed by atoms with Gasteiger partial charge in [0.1, 0.15) is 0 Å². The molecule has 156 valence electrons. The van der Waals surface area contributed by atoms with Crippen LogP contribution in [0.4, 0.5) is 11.6 Å². The predicted molar refractivity (Wildman–Crippen MR) is 123 cm³/mol. The van der Waals surface area contributed by atoms with Crippen molar-refractivity contribution in [1.82, 2.24) is 9.97 Å².